The van der Waals surface area contributed by atoms with E-state index >= 15 is 0 Å². The van der Waals surface area contributed by atoms with Crippen molar-refractivity contribution < 1.29 is 9.13 Å². The van der Waals surface area contributed by atoms with Gasteiger partial charge in [0.25, 0.3) is 0 Å². The fourth-order valence-corrected chi connectivity index (χ4v) is 1.94. The fraction of sp³-hybridized carbons (Fsp3) is 0.188. The minimum Gasteiger partial charge on any atom is -0.455 e. The molecule has 0 saturated heterocycles. The lowest BCUT2D eigenvalue weighted by Crippen LogP contribution is -2.12. The van der Waals surface area contributed by atoms with E-state index in [-0.39, 0.29) is 5.56 Å². The molecule has 0 unspecified atom stereocenters. The first-order chi connectivity index (χ1) is 10.0. The lowest BCUT2D eigenvalue weighted by molar-refractivity contribution is 0.387. The Balaban J connectivity index is 2.44. The molecule has 21 heavy (non-hydrogen) atoms. The van der Waals surface area contributed by atoms with E-state index in [0.717, 1.165) is 5.56 Å². The van der Waals surface area contributed by atoms with Crippen molar-refractivity contribution in [3.63, 3.8) is 0 Å². The number of nitrogens with zero attached hydrogens (tertiary/aromatic N) is 2. The summed E-state index contributed by atoms with van der Waals surface area (Å²) >= 11 is 0. The van der Waals surface area contributed by atoms with Gasteiger partial charge in [0.1, 0.15) is 23.4 Å². The van der Waals surface area contributed by atoms with Gasteiger partial charge in [0.15, 0.2) is 0 Å². The number of ether oxygens (including phenoxy) is 1. The number of hydrogen-bond donors (Lipinski definition) is 1. The quantitative estimate of drug-likeness (QED) is 0.877. The third kappa shape index (κ3) is 3.50. The molecular formula is C16H16FN3O. The average Bonchev–Trinajstić information content (AvgIpc) is 2.43. The van der Waals surface area contributed by atoms with Crippen LogP contribution in [-0.4, -0.2) is 19.0 Å². The van der Waals surface area contributed by atoms with Crippen LogP contribution in [0, 0.1) is 17.1 Å². The van der Waals surface area contributed by atoms with Crippen LogP contribution in [0.2, 0.25) is 0 Å². The molecule has 0 spiro atoms. The zero-order chi connectivity index (χ0) is 15.4. The third-order valence-corrected chi connectivity index (χ3v) is 2.90. The van der Waals surface area contributed by atoms with Crippen LogP contribution in [0.25, 0.3) is 0 Å². The number of nitrogens with two attached hydrogens (primary N) is 1. The van der Waals surface area contributed by atoms with Gasteiger partial charge in [0, 0.05) is 18.2 Å². The molecule has 0 aromatic heterocycles. The molecule has 2 aromatic carbocycles. The Morgan fingerprint density at radius 3 is 2.57 bits per heavy atom. The molecule has 108 valence electrons. The van der Waals surface area contributed by atoms with E-state index in [1.165, 1.54) is 12.1 Å². The molecule has 0 aliphatic heterocycles. The van der Waals surface area contributed by atoms with Gasteiger partial charge in [-0.25, -0.2) is 4.39 Å². The van der Waals surface area contributed by atoms with Gasteiger partial charge in [0.2, 0.25) is 0 Å². The second-order valence-corrected chi connectivity index (χ2v) is 4.93. The number of para-hydroxylation sites is 2. The molecule has 0 aliphatic carbocycles. The van der Waals surface area contributed by atoms with Crippen LogP contribution >= 0.6 is 0 Å². The molecule has 0 saturated carbocycles. The number of benzene rings is 2. The molecular weight excluding hydrogens is 269 g/mol. The SMILES string of the molecule is CN(C)Cc1cc(C#N)c(F)cc1Oc1ccccc1N. The number of rotatable bonds is 4. The van der Waals surface area contributed by atoms with E-state index in [9.17, 15) is 4.39 Å². The summed E-state index contributed by atoms with van der Waals surface area (Å²) in [5.74, 6) is 0.212. The first-order valence-corrected chi connectivity index (χ1v) is 6.41. The van der Waals surface area contributed by atoms with Gasteiger partial charge in [-0.15, -0.1) is 0 Å². The van der Waals surface area contributed by atoms with Crippen molar-refractivity contribution in [2.45, 2.75) is 6.54 Å². The summed E-state index contributed by atoms with van der Waals surface area (Å²) in [6.07, 6.45) is 0. The molecule has 0 atom stereocenters. The minimum absolute atomic E-state index is 0.000216. The zero-order valence-electron chi connectivity index (χ0n) is 11.9. The summed E-state index contributed by atoms with van der Waals surface area (Å²) in [6, 6.07) is 11.6. The van der Waals surface area contributed by atoms with E-state index < -0.39 is 5.82 Å². The second-order valence-electron chi connectivity index (χ2n) is 4.93. The number of hydrogen-bond acceptors (Lipinski definition) is 4. The van der Waals surface area contributed by atoms with Crippen LogP contribution in [0.1, 0.15) is 11.1 Å². The summed E-state index contributed by atoms with van der Waals surface area (Å²) in [5.41, 5.74) is 7.03. The Bertz CT molecular complexity index is 692. The van der Waals surface area contributed by atoms with Crippen LogP contribution in [0.3, 0.4) is 0 Å². The van der Waals surface area contributed by atoms with Gasteiger partial charge < -0.3 is 15.4 Å². The standard InChI is InChI=1S/C16H16FN3O/c1-20(2)10-12-7-11(9-18)13(17)8-16(12)21-15-6-4-3-5-14(15)19/h3-8H,10,19H2,1-2H3. The van der Waals surface area contributed by atoms with E-state index in [1.54, 1.807) is 24.3 Å². The highest BCUT2D eigenvalue weighted by Gasteiger charge is 2.13. The first-order valence-electron chi connectivity index (χ1n) is 6.41. The van der Waals surface area contributed by atoms with Crippen LogP contribution in [0.4, 0.5) is 10.1 Å². The average molecular weight is 285 g/mol. The molecule has 0 aliphatic rings. The van der Waals surface area contributed by atoms with Crippen molar-refractivity contribution in [3.05, 3.63) is 53.3 Å². The molecule has 2 N–H and O–H groups in total. The van der Waals surface area contributed by atoms with Crippen LogP contribution < -0.4 is 10.5 Å². The normalized spacial score (nSPS) is 10.4. The Morgan fingerprint density at radius 2 is 1.95 bits per heavy atom. The van der Waals surface area contributed by atoms with Gasteiger partial charge in [0.05, 0.1) is 11.3 Å². The second kappa shape index (κ2) is 6.25. The maximum absolute atomic E-state index is 13.8. The fourth-order valence-electron chi connectivity index (χ4n) is 1.94. The van der Waals surface area contributed by atoms with Crippen molar-refractivity contribution >= 4 is 5.69 Å². The summed E-state index contributed by atoms with van der Waals surface area (Å²) in [4.78, 5) is 1.91. The van der Waals surface area contributed by atoms with Crippen LogP contribution in [-0.2, 0) is 6.54 Å². The molecule has 5 heteroatoms. The molecule has 0 bridgehead atoms. The third-order valence-electron chi connectivity index (χ3n) is 2.90. The Kier molecular flexibility index (Phi) is 4.41. The largest absolute Gasteiger partial charge is 0.455 e. The van der Waals surface area contributed by atoms with E-state index in [0.29, 0.717) is 23.7 Å². The lowest BCUT2D eigenvalue weighted by Gasteiger charge is -2.16. The molecule has 2 aromatic rings. The van der Waals surface area contributed by atoms with Crippen LogP contribution in [0.5, 0.6) is 11.5 Å². The number of anilines is 1. The highest BCUT2D eigenvalue weighted by molar-refractivity contribution is 5.55. The number of nitriles is 1. The molecule has 4 nitrogen and oxygen atoms in total. The monoisotopic (exact) mass is 285 g/mol. The van der Waals surface area contributed by atoms with E-state index in [4.69, 9.17) is 15.7 Å². The van der Waals surface area contributed by atoms with Crippen molar-refractivity contribution in [1.29, 1.82) is 5.26 Å². The lowest BCUT2D eigenvalue weighted by atomic mass is 10.1. The maximum Gasteiger partial charge on any atom is 0.150 e. The van der Waals surface area contributed by atoms with Gasteiger partial charge >= 0.3 is 0 Å². The number of halogens is 1. The summed E-state index contributed by atoms with van der Waals surface area (Å²) in [5, 5.41) is 8.94. The highest BCUT2D eigenvalue weighted by Crippen LogP contribution is 2.31. The predicted octanol–water partition coefficient (Wildman–Crippen LogP) is 3.13. The summed E-state index contributed by atoms with van der Waals surface area (Å²) in [6.45, 7) is 0.525. The van der Waals surface area contributed by atoms with E-state index in [2.05, 4.69) is 0 Å². The topological polar surface area (TPSA) is 62.3 Å². The molecule has 2 rings (SSSR count). The Morgan fingerprint density at radius 1 is 1.24 bits per heavy atom. The van der Waals surface area contributed by atoms with Gasteiger partial charge in [-0.3, -0.25) is 0 Å². The molecule has 0 heterocycles. The van der Waals surface area contributed by atoms with Crippen LogP contribution in [0.15, 0.2) is 36.4 Å². The summed E-state index contributed by atoms with van der Waals surface area (Å²) in [7, 11) is 3.77. The van der Waals surface area contributed by atoms with Crippen molar-refractivity contribution in [2.75, 3.05) is 19.8 Å². The first kappa shape index (κ1) is 14.8. The van der Waals surface area contributed by atoms with Gasteiger partial charge in [-0.1, -0.05) is 12.1 Å². The molecule has 0 fully saturated rings. The van der Waals surface area contributed by atoms with Gasteiger partial charge in [-0.05, 0) is 32.3 Å². The highest BCUT2D eigenvalue weighted by atomic mass is 19.1. The van der Waals surface area contributed by atoms with E-state index in [1.807, 2.05) is 25.1 Å². The molecule has 0 radical (unpaired) electrons. The molecule has 0 amide bonds. The minimum atomic E-state index is -0.607. The van der Waals surface area contributed by atoms with Gasteiger partial charge in [-0.2, -0.15) is 5.26 Å². The summed E-state index contributed by atoms with van der Waals surface area (Å²) < 4.78 is 19.5. The predicted molar refractivity (Wildman–Crippen MR) is 79.4 cm³/mol. The maximum atomic E-state index is 13.8. The number of nitrogen functional groups attached to an aromatic ring is 1. The van der Waals surface area contributed by atoms with Crippen molar-refractivity contribution in [1.82, 2.24) is 4.90 Å². The zero-order valence-corrected chi connectivity index (χ0v) is 11.9. The van der Waals surface area contributed by atoms with Crippen molar-refractivity contribution in [3.8, 4) is 17.6 Å². The Hall–Kier alpha value is -2.58. The van der Waals surface area contributed by atoms with Crippen molar-refractivity contribution in [2.24, 2.45) is 0 Å². The smallest absolute Gasteiger partial charge is 0.150 e. The Labute approximate surface area is 123 Å².